The van der Waals surface area contributed by atoms with Crippen LogP contribution in [-0.4, -0.2) is 10.7 Å². The SMILES string of the molecule is N=C(/C(=C1\NC(c2ccccc2)=Cc2ccc(-c3ccc(-c4cc(-c5ccccc5)nc(-c5ccc(-c6ccccc6)cc5)c4)cc3)cc21)c1ccccc1)c1ccccc1. The van der Waals surface area contributed by atoms with Gasteiger partial charge in [-0.2, -0.15) is 0 Å². The molecule has 3 heteroatoms. The summed E-state index contributed by atoms with van der Waals surface area (Å²) in [6.45, 7) is 0. The van der Waals surface area contributed by atoms with Crippen molar-refractivity contribution in [1.29, 1.82) is 5.41 Å². The number of nitrogens with zero attached hydrogens (tertiary/aromatic N) is 1. The first kappa shape index (κ1) is 37.2. The van der Waals surface area contributed by atoms with Crippen LogP contribution in [0.5, 0.6) is 0 Å². The van der Waals surface area contributed by atoms with Crippen LogP contribution in [0.15, 0.2) is 231 Å². The smallest absolute Gasteiger partial charge is 0.0715 e. The lowest BCUT2D eigenvalue weighted by molar-refractivity contribution is 1.22. The molecule has 1 aliphatic heterocycles. The molecule has 9 aromatic rings. The highest BCUT2D eigenvalue weighted by molar-refractivity contribution is 6.36. The second-order valence-corrected chi connectivity index (χ2v) is 15.2. The van der Waals surface area contributed by atoms with E-state index in [2.05, 4.69) is 175 Å². The van der Waals surface area contributed by atoms with E-state index in [-0.39, 0.29) is 0 Å². The van der Waals surface area contributed by atoms with E-state index in [1.165, 1.54) is 11.1 Å². The monoisotopic (exact) mass is 779 g/mol. The van der Waals surface area contributed by atoms with E-state index in [1.807, 2.05) is 66.7 Å². The molecule has 3 nitrogen and oxygen atoms in total. The minimum Gasteiger partial charge on any atom is -0.354 e. The summed E-state index contributed by atoms with van der Waals surface area (Å²) in [6.07, 6.45) is 2.22. The maximum Gasteiger partial charge on any atom is 0.0715 e. The Hall–Kier alpha value is -8.14. The maximum atomic E-state index is 9.66. The molecule has 61 heavy (non-hydrogen) atoms. The third-order valence-corrected chi connectivity index (χ3v) is 11.3. The second-order valence-electron chi connectivity index (χ2n) is 15.2. The van der Waals surface area contributed by atoms with E-state index in [4.69, 9.17) is 4.98 Å². The molecule has 0 aliphatic carbocycles. The number of allylic oxidation sites excluding steroid dienone is 1. The summed E-state index contributed by atoms with van der Waals surface area (Å²) in [5.74, 6) is 0. The lowest BCUT2D eigenvalue weighted by Crippen LogP contribution is -2.20. The van der Waals surface area contributed by atoms with E-state index in [0.29, 0.717) is 5.71 Å². The third kappa shape index (κ3) is 7.76. The Kier molecular flexibility index (Phi) is 10.1. The number of pyridine rings is 1. The molecule has 1 aliphatic rings. The Balaban J connectivity index is 1.06. The van der Waals surface area contributed by atoms with Gasteiger partial charge in [0.2, 0.25) is 0 Å². The highest BCUT2D eigenvalue weighted by Gasteiger charge is 2.24. The van der Waals surface area contributed by atoms with Gasteiger partial charge < -0.3 is 5.32 Å². The van der Waals surface area contributed by atoms with Crippen LogP contribution in [0, 0.1) is 5.41 Å². The van der Waals surface area contributed by atoms with Crippen molar-refractivity contribution in [2.75, 3.05) is 0 Å². The molecule has 8 aromatic carbocycles. The van der Waals surface area contributed by atoms with Crippen LogP contribution in [-0.2, 0) is 0 Å². The van der Waals surface area contributed by atoms with Crippen molar-refractivity contribution in [3.8, 4) is 55.9 Å². The molecule has 0 unspecified atom stereocenters. The molecule has 0 amide bonds. The Bertz CT molecular complexity index is 3040. The minimum atomic E-state index is 0.461. The summed E-state index contributed by atoms with van der Waals surface area (Å²) in [5.41, 5.74) is 19.1. The summed E-state index contributed by atoms with van der Waals surface area (Å²) in [7, 11) is 0. The van der Waals surface area contributed by atoms with Crippen LogP contribution >= 0.6 is 0 Å². The molecular weight excluding hydrogens is 739 g/mol. The summed E-state index contributed by atoms with van der Waals surface area (Å²) in [6, 6.07) is 80.2. The van der Waals surface area contributed by atoms with Gasteiger partial charge in [-0.05, 0) is 74.3 Å². The normalized spacial score (nSPS) is 12.8. The van der Waals surface area contributed by atoms with Gasteiger partial charge in [0.05, 0.1) is 22.8 Å². The van der Waals surface area contributed by atoms with Crippen LogP contribution in [0.3, 0.4) is 0 Å². The van der Waals surface area contributed by atoms with E-state index in [9.17, 15) is 5.41 Å². The zero-order valence-electron chi connectivity index (χ0n) is 33.5. The highest BCUT2D eigenvalue weighted by atomic mass is 14.9. The first-order chi connectivity index (χ1) is 30.1. The first-order valence-electron chi connectivity index (χ1n) is 20.6. The number of aromatic nitrogens is 1. The molecule has 0 saturated carbocycles. The zero-order valence-corrected chi connectivity index (χ0v) is 33.5. The van der Waals surface area contributed by atoms with E-state index in [1.54, 1.807) is 0 Å². The summed E-state index contributed by atoms with van der Waals surface area (Å²) >= 11 is 0. The molecule has 0 atom stereocenters. The molecular formula is C58H41N3. The quantitative estimate of drug-likeness (QED) is 0.143. The van der Waals surface area contributed by atoms with Gasteiger partial charge in [0, 0.05) is 33.5 Å². The average Bonchev–Trinajstić information content (AvgIpc) is 3.35. The predicted molar refractivity (Wildman–Crippen MR) is 255 cm³/mol. The number of hydrogen-bond donors (Lipinski definition) is 2. The summed E-state index contributed by atoms with van der Waals surface area (Å²) in [5, 5.41) is 13.5. The predicted octanol–water partition coefficient (Wildman–Crippen LogP) is 14.5. The molecule has 288 valence electrons. The highest BCUT2D eigenvalue weighted by Crippen LogP contribution is 2.39. The lowest BCUT2D eigenvalue weighted by Gasteiger charge is -2.27. The van der Waals surface area contributed by atoms with Crippen molar-refractivity contribution in [2.45, 2.75) is 0 Å². The van der Waals surface area contributed by atoms with Gasteiger partial charge in [-0.1, -0.05) is 212 Å². The van der Waals surface area contributed by atoms with E-state index < -0.39 is 0 Å². The molecule has 2 N–H and O–H groups in total. The fraction of sp³-hybridized carbons (Fsp3) is 0. The largest absolute Gasteiger partial charge is 0.354 e. The number of rotatable bonds is 9. The zero-order chi connectivity index (χ0) is 41.0. The van der Waals surface area contributed by atoms with Gasteiger partial charge in [-0.3, -0.25) is 5.41 Å². The van der Waals surface area contributed by atoms with Crippen molar-refractivity contribution in [3.63, 3.8) is 0 Å². The van der Waals surface area contributed by atoms with Crippen LogP contribution in [0.2, 0.25) is 0 Å². The molecule has 0 bridgehead atoms. The lowest BCUT2D eigenvalue weighted by atomic mass is 9.86. The number of fused-ring (bicyclic) bond motifs is 1. The summed E-state index contributed by atoms with van der Waals surface area (Å²) in [4.78, 5) is 5.18. The molecule has 0 radical (unpaired) electrons. The van der Waals surface area contributed by atoms with Gasteiger partial charge in [-0.15, -0.1) is 0 Å². The minimum absolute atomic E-state index is 0.461. The molecule has 1 aromatic heterocycles. The maximum absolute atomic E-state index is 9.66. The Morgan fingerprint density at radius 3 is 1.34 bits per heavy atom. The van der Waals surface area contributed by atoms with Gasteiger partial charge in [0.25, 0.3) is 0 Å². The van der Waals surface area contributed by atoms with Crippen LogP contribution in [0.1, 0.15) is 27.8 Å². The first-order valence-corrected chi connectivity index (χ1v) is 20.6. The standard InChI is InChI=1S/C58H41N3/c59-57(48-24-14-5-15-25-48)56(47-22-12-4-13-23-47)58-52-36-49(34-35-50(52)37-55(61-58)45-20-10-3-11-21-45)42-26-28-43(29-27-42)51-38-53(44-18-8-2-9-19-44)60-54(39-51)46-32-30-41(31-33-46)40-16-6-1-7-17-40/h1-39,59,61H/b58-56-,59-57?. The van der Waals surface area contributed by atoms with Gasteiger partial charge in [0.1, 0.15) is 0 Å². The number of nitrogens with one attached hydrogen (secondary N) is 2. The van der Waals surface area contributed by atoms with Crippen LogP contribution in [0.4, 0.5) is 0 Å². The molecule has 0 fully saturated rings. The van der Waals surface area contributed by atoms with Crippen LogP contribution < -0.4 is 5.32 Å². The van der Waals surface area contributed by atoms with Crippen molar-refractivity contribution in [2.24, 2.45) is 0 Å². The molecule has 2 heterocycles. The van der Waals surface area contributed by atoms with Crippen molar-refractivity contribution in [3.05, 3.63) is 258 Å². The number of hydrogen-bond acceptors (Lipinski definition) is 3. The van der Waals surface area contributed by atoms with Gasteiger partial charge >= 0.3 is 0 Å². The van der Waals surface area contributed by atoms with Gasteiger partial charge in [0.15, 0.2) is 0 Å². The summed E-state index contributed by atoms with van der Waals surface area (Å²) < 4.78 is 0. The van der Waals surface area contributed by atoms with Crippen molar-refractivity contribution in [1.82, 2.24) is 10.3 Å². The number of benzene rings is 8. The molecule has 0 spiro atoms. The Morgan fingerprint density at radius 1 is 0.361 bits per heavy atom. The Morgan fingerprint density at radius 2 is 0.770 bits per heavy atom. The fourth-order valence-electron chi connectivity index (χ4n) is 8.13. The van der Waals surface area contributed by atoms with E-state index in [0.717, 1.165) is 89.6 Å². The fourth-order valence-corrected chi connectivity index (χ4v) is 8.13. The molecule has 0 saturated heterocycles. The Labute approximate surface area is 357 Å². The topological polar surface area (TPSA) is 48.8 Å². The average molecular weight is 780 g/mol. The van der Waals surface area contributed by atoms with Gasteiger partial charge in [-0.25, -0.2) is 4.98 Å². The third-order valence-electron chi connectivity index (χ3n) is 11.3. The van der Waals surface area contributed by atoms with Crippen LogP contribution in [0.25, 0.3) is 78.9 Å². The van der Waals surface area contributed by atoms with Crippen molar-refractivity contribution < 1.29 is 0 Å². The van der Waals surface area contributed by atoms with E-state index >= 15 is 0 Å². The van der Waals surface area contributed by atoms with Crippen molar-refractivity contribution >= 4 is 28.8 Å². The molecule has 10 rings (SSSR count). The second kappa shape index (κ2) is 16.6.